The lowest BCUT2D eigenvalue weighted by molar-refractivity contribution is -0.00346. The van der Waals surface area contributed by atoms with Gasteiger partial charge in [-0.3, -0.25) is 0 Å². The van der Waals surface area contributed by atoms with E-state index in [9.17, 15) is 0 Å². The summed E-state index contributed by atoms with van der Waals surface area (Å²) in [6.45, 7) is 8.15. The molecule has 0 spiro atoms. The molecule has 0 unspecified atom stereocenters. The third-order valence-corrected chi connectivity index (χ3v) is 2.25. The molecule has 0 radical (unpaired) electrons. The van der Waals surface area contributed by atoms with Gasteiger partial charge >= 0.3 is 0 Å². The molecule has 0 heterocycles. The molecule has 6 heteroatoms. The number of hydrogen-bond donors (Lipinski definition) is 1. The minimum absolute atomic E-state index is 0.411. The summed E-state index contributed by atoms with van der Waals surface area (Å²) in [5.74, 6) is 4.84. The molecule has 6 nitrogen and oxygen atoms in total. The summed E-state index contributed by atoms with van der Waals surface area (Å²) < 4.78 is 15.9. The van der Waals surface area contributed by atoms with Crippen molar-refractivity contribution in [1.29, 1.82) is 0 Å². The van der Waals surface area contributed by atoms with Gasteiger partial charge in [-0.2, -0.15) is 0 Å². The van der Waals surface area contributed by atoms with Gasteiger partial charge in [-0.05, 0) is 13.6 Å². The molecule has 0 aliphatic rings. The van der Waals surface area contributed by atoms with Gasteiger partial charge in [0.05, 0.1) is 46.2 Å². The van der Waals surface area contributed by atoms with Crippen LogP contribution < -0.4 is 5.90 Å². The van der Waals surface area contributed by atoms with Crippen LogP contribution in [0, 0.1) is 0 Å². The second-order valence-corrected chi connectivity index (χ2v) is 3.60. The van der Waals surface area contributed by atoms with Crippen molar-refractivity contribution in [2.24, 2.45) is 5.90 Å². The van der Waals surface area contributed by atoms with Gasteiger partial charge in [-0.25, -0.2) is 5.90 Å². The van der Waals surface area contributed by atoms with Crippen molar-refractivity contribution in [3.63, 3.8) is 0 Å². The van der Waals surface area contributed by atoms with E-state index >= 15 is 0 Å². The first kappa shape index (κ1) is 16.8. The van der Waals surface area contributed by atoms with Crippen molar-refractivity contribution < 1.29 is 19.0 Å². The first-order valence-corrected chi connectivity index (χ1v) is 6.04. The summed E-state index contributed by atoms with van der Waals surface area (Å²) in [6.07, 6.45) is 0. The quantitative estimate of drug-likeness (QED) is 0.363. The van der Waals surface area contributed by atoms with Crippen molar-refractivity contribution in [1.82, 2.24) is 4.90 Å². The van der Waals surface area contributed by atoms with E-state index in [4.69, 9.17) is 20.1 Å². The molecule has 0 rings (SSSR count). The molecule has 0 aromatic rings. The van der Waals surface area contributed by atoms with Crippen LogP contribution in [0.5, 0.6) is 0 Å². The number of rotatable bonds is 13. The molecule has 0 aliphatic carbocycles. The Bertz CT molecular complexity index is 149. The van der Waals surface area contributed by atoms with E-state index in [-0.39, 0.29) is 0 Å². The van der Waals surface area contributed by atoms with Gasteiger partial charge in [0.2, 0.25) is 0 Å². The van der Waals surface area contributed by atoms with Gasteiger partial charge in [-0.15, -0.1) is 0 Å². The van der Waals surface area contributed by atoms with E-state index in [1.54, 1.807) is 0 Å². The summed E-state index contributed by atoms with van der Waals surface area (Å²) in [4.78, 5) is 6.56. The molecular formula is C11H26N2O4. The number of nitrogens with zero attached hydrogens (tertiary/aromatic N) is 1. The summed E-state index contributed by atoms with van der Waals surface area (Å²) >= 11 is 0. The van der Waals surface area contributed by atoms with Crippen LogP contribution in [0.25, 0.3) is 0 Å². The minimum Gasteiger partial charge on any atom is -0.378 e. The van der Waals surface area contributed by atoms with Crippen molar-refractivity contribution >= 4 is 0 Å². The number of likely N-dealkylation sites (N-methyl/N-ethyl adjacent to an activating group) is 1. The highest BCUT2D eigenvalue weighted by Gasteiger charge is 1.94. The van der Waals surface area contributed by atoms with Crippen molar-refractivity contribution in [2.45, 2.75) is 6.92 Å². The highest BCUT2D eigenvalue weighted by molar-refractivity contribution is 4.44. The Morgan fingerprint density at radius 2 is 1.29 bits per heavy atom. The Morgan fingerprint density at radius 1 is 0.824 bits per heavy atom. The smallest absolute Gasteiger partial charge is 0.0913 e. The first-order valence-electron chi connectivity index (χ1n) is 6.04. The molecule has 0 bridgehead atoms. The van der Waals surface area contributed by atoms with Gasteiger partial charge in [0, 0.05) is 6.54 Å². The van der Waals surface area contributed by atoms with Crippen LogP contribution in [0.3, 0.4) is 0 Å². The standard InChI is InChI=1S/C11H26N2O4/c1-3-13(2)4-5-14-6-7-15-8-9-16-10-11-17-12/h3-12H2,1-2H3. The van der Waals surface area contributed by atoms with Gasteiger partial charge in [0.25, 0.3) is 0 Å². The second kappa shape index (κ2) is 13.8. The number of nitrogens with two attached hydrogens (primary N) is 1. The zero-order valence-electron chi connectivity index (χ0n) is 11.0. The largest absolute Gasteiger partial charge is 0.378 e. The third-order valence-electron chi connectivity index (χ3n) is 2.25. The predicted octanol–water partition coefficient (Wildman–Crippen LogP) is -0.122. The fraction of sp³-hybridized carbons (Fsp3) is 1.00. The van der Waals surface area contributed by atoms with Crippen LogP contribution in [0.4, 0.5) is 0 Å². The van der Waals surface area contributed by atoms with Crippen LogP contribution >= 0.6 is 0 Å². The van der Waals surface area contributed by atoms with Crippen LogP contribution in [0.15, 0.2) is 0 Å². The van der Waals surface area contributed by atoms with E-state index in [1.165, 1.54) is 0 Å². The second-order valence-electron chi connectivity index (χ2n) is 3.60. The lowest BCUT2D eigenvalue weighted by Crippen LogP contribution is -2.23. The summed E-state index contributed by atoms with van der Waals surface area (Å²) in [7, 11) is 2.07. The molecule has 0 aliphatic heterocycles. The van der Waals surface area contributed by atoms with Gasteiger partial charge in [-0.1, -0.05) is 6.92 Å². The van der Waals surface area contributed by atoms with Crippen molar-refractivity contribution in [2.75, 3.05) is 66.4 Å². The van der Waals surface area contributed by atoms with E-state index in [0.717, 1.165) is 19.7 Å². The Hall–Kier alpha value is -0.240. The molecule has 0 amide bonds. The third kappa shape index (κ3) is 13.7. The maximum Gasteiger partial charge on any atom is 0.0913 e. The molecular weight excluding hydrogens is 224 g/mol. The summed E-state index contributed by atoms with van der Waals surface area (Å²) in [5, 5.41) is 0. The topological polar surface area (TPSA) is 66.2 Å². The molecule has 0 fully saturated rings. The van der Waals surface area contributed by atoms with Crippen molar-refractivity contribution in [3.05, 3.63) is 0 Å². The van der Waals surface area contributed by atoms with E-state index in [0.29, 0.717) is 39.6 Å². The number of hydrogen-bond acceptors (Lipinski definition) is 6. The van der Waals surface area contributed by atoms with Crippen molar-refractivity contribution in [3.8, 4) is 0 Å². The average molecular weight is 250 g/mol. The fourth-order valence-electron chi connectivity index (χ4n) is 1.03. The Morgan fingerprint density at radius 3 is 1.76 bits per heavy atom. The number of ether oxygens (including phenoxy) is 3. The van der Waals surface area contributed by atoms with Gasteiger partial charge in [0.15, 0.2) is 0 Å². The average Bonchev–Trinajstić information content (AvgIpc) is 2.35. The molecule has 0 saturated heterocycles. The van der Waals surface area contributed by atoms with E-state index in [2.05, 4.69) is 23.7 Å². The molecule has 0 aromatic heterocycles. The molecule has 17 heavy (non-hydrogen) atoms. The normalized spacial score (nSPS) is 11.3. The van der Waals surface area contributed by atoms with E-state index < -0.39 is 0 Å². The predicted molar refractivity (Wildman–Crippen MR) is 65.8 cm³/mol. The zero-order chi connectivity index (χ0) is 12.8. The Labute approximate surface area is 104 Å². The summed E-state index contributed by atoms with van der Waals surface area (Å²) in [6, 6.07) is 0. The highest BCUT2D eigenvalue weighted by atomic mass is 16.6. The molecule has 0 aromatic carbocycles. The lowest BCUT2D eigenvalue weighted by Gasteiger charge is -2.13. The van der Waals surface area contributed by atoms with Gasteiger partial charge in [0.1, 0.15) is 0 Å². The Kier molecular flexibility index (Phi) is 13.6. The maximum absolute atomic E-state index is 5.41. The maximum atomic E-state index is 5.41. The Balaban J connectivity index is 2.94. The monoisotopic (exact) mass is 250 g/mol. The molecule has 0 atom stereocenters. The minimum atomic E-state index is 0.411. The van der Waals surface area contributed by atoms with Crippen LogP contribution in [0.1, 0.15) is 6.92 Å². The SMILES string of the molecule is CCN(C)CCOCCOCCOCCON. The molecule has 2 N–H and O–H groups in total. The fourth-order valence-corrected chi connectivity index (χ4v) is 1.03. The van der Waals surface area contributed by atoms with E-state index in [1.807, 2.05) is 0 Å². The van der Waals surface area contributed by atoms with Crippen LogP contribution in [-0.4, -0.2) is 71.3 Å². The molecule has 104 valence electrons. The highest BCUT2D eigenvalue weighted by Crippen LogP contribution is 1.84. The van der Waals surface area contributed by atoms with Crippen LogP contribution in [0.2, 0.25) is 0 Å². The van der Waals surface area contributed by atoms with Gasteiger partial charge < -0.3 is 23.9 Å². The zero-order valence-corrected chi connectivity index (χ0v) is 11.0. The molecule has 0 saturated carbocycles. The van der Waals surface area contributed by atoms with Crippen LogP contribution in [-0.2, 0) is 19.0 Å². The first-order chi connectivity index (χ1) is 8.31. The lowest BCUT2D eigenvalue weighted by atomic mass is 10.5. The summed E-state index contributed by atoms with van der Waals surface area (Å²) in [5.41, 5.74) is 0.